The first-order valence-corrected chi connectivity index (χ1v) is 5.69. The monoisotopic (exact) mass is 298 g/mol. The van der Waals surface area contributed by atoms with Gasteiger partial charge >= 0.3 is 0 Å². The van der Waals surface area contributed by atoms with Crippen LogP contribution in [-0.4, -0.2) is 4.98 Å². The number of pyridine rings is 1. The van der Waals surface area contributed by atoms with E-state index in [0.717, 1.165) is 6.20 Å². The molecule has 2 nitrogen and oxygen atoms in total. The molecule has 0 aliphatic heterocycles. The molecule has 0 radical (unpaired) electrons. The summed E-state index contributed by atoms with van der Waals surface area (Å²) in [5, 5.41) is 0. The Hall–Kier alpha value is -1.33. The Bertz CT molecular complexity index is 546. The van der Waals surface area contributed by atoms with E-state index >= 15 is 0 Å². The highest BCUT2D eigenvalue weighted by molar-refractivity contribution is 9.10. The van der Waals surface area contributed by atoms with Crippen LogP contribution >= 0.6 is 15.9 Å². The summed E-state index contributed by atoms with van der Waals surface area (Å²) in [4.78, 5) is 3.64. The van der Waals surface area contributed by atoms with Gasteiger partial charge in [0.15, 0.2) is 0 Å². The number of aromatic nitrogens is 1. The lowest BCUT2D eigenvalue weighted by Gasteiger charge is -2.13. The van der Waals surface area contributed by atoms with Crippen LogP contribution < -0.4 is 5.73 Å². The summed E-state index contributed by atoms with van der Waals surface area (Å²) in [6, 6.07) is 5.26. The standard InChI is InChI=1S/C12H9BrF2N2/c13-9-2-1-7(5-10(9)14)12(16)8-3-4-17-6-11(8)15/h1-6,12H,16H2. The van der Waals surface area contributed by atoms with Crippen LogP contribution in [0.2, 0.25) is 0 Å². The molecule has 1 aromatic heterocycles. The molecule has 88 valence electrons. The molecular formula is C12H9BrF2N2. The summed E-state index contributed by atoms with van der Waals surface area (Å²) in [5.74, 6) is -0.921. The van der Waals surface area contributed by atoms with Crippen molar-refractivity contribution in [3.63, 3.8) is 0 Å². The van der Waals surface area contributed by atoms with Gasteiger partial charge in [-0.1, -0.05) is 6.07 Å². The summed E-state index contributed by atoms with van der Waals surface area (Å²) in [7, 11) is 0. The molecule has 2 aromatic rings. The van der Waals surface area contributed by atoms with Gasteiger partial charge in [-0.05, 0) is 39.7 Å². The summed E-state index contributed by atoms with van der Waals surface area (Å²) >= 11 is 3.05. The van der Waals surface area contributed by atoms with Gasteiger partial charge < -0.3 is 5.73 Å². The Morgan fingerprint density at radius 2 is 1.94 bits per heavy atom. The van der Waals surface area contributed by atoms with Crippen molar-refractivity contribution in [2.75, 3.05) is 0 Å². The Morgan fingerprint density at radius 1 is 1.18 bits per heavy atom. The Morgan fingerprint density at radius 3 is 2.59 bits per heavy atom. The van der Waals surface area contributed by atoms with E-state index in [2.05, 4.69) is 20.9 Å². The molecular weight excluding hydrogens is 290 g/mol. The topological polar surface area (TPSA) is 38.9 Å². The molecule has 0 saturated carbocycles. The molecule has 0 amide bonds. The van der Waals surface area contributed by atoms with Crippen molar-refractivity contribution in [2.45, 2.75) is 6.04 Å². The molecule has 5 heteroatoms. The first-order valence-electron chi connectivity index (χ1n) is 4.89. The van der Waals surface area contributed by atoms with Crippen LogP contribution in [-0.2, 0) is 0 Å². The minimum Gasteiger partial charge on any atom is -0.320 e. The van der Waals surface area contributed by atoms with Crippen molar-refractivity contribution in [2.24, 2.45) is 5.73 Å². The van der Waals surface area contributed by atoms with Gasteiger partial charge in [0.25, 0.3) is 0 Å². The smallest absolute Gasteiger partial charge is 0.146 e. The Balaban J connectivity index is 2.40. The van der Waals surface area contributed by atoms with Crippen LogP contribution in [0.15, 0.2) is 41.1 Å². The van der Waals surface area contributed by atoms with Crippen LogP contribution in [0.3, 0.4) is 0 Å². The van der Waals surface area contributed by atoms with E-state index in [-0.39, 0.29) is 0 Å². The largest absolute Gasteiger partial charge is 0.320 e. The zero-order valence-electron chi connectivity index (χ0n) is 8.70. The van der Waals surface area contributed by atoms with Crippen LogP contribution in [0, 0.1) is 11.6 Å². The maximum atomic E-state index is 13.5. The molecule has 0 bridgehead atoms. The van der Waals surface area contributed by atoms with Gasteiger partial charge in [-0.15, -0.1) is 0 Å². The number of hydrogen-bond donors (Lipinski definition) is 1. The van der Waals surface area contributed by atoms with Gasteiger partial charge in [0.1, 0.15) is 11.6 Å². The lowest BCUT2D eigenvalue weighted by molar-refractivity contribution is 0.589. The van der Waals surface area contributed by atoms with Gasteiger partial charge in [-0.3, -0.25) is 4.98 Å². The van der Waals surface area contributed by atoms with E-state index in [1.807, 2.05) is 0 Å². The summed E-state index contributed by atoms with van der Waals surface area (Å²) in [6.45, 7) is 0. The SMILES string of the molecule is NC(c1ccc(Br)c(F)c1)c1ccncc1F. The van der Waals surface area contributed by atoms with Crippen molar-refractivity contribution < 1.29 is 8.78 Å². The molecule has 0 spiro atoms. The van der Waals surface area contributed by atoms with Gasteiger partial charge in [-0.2, -0.15) is 0 Å². The van der Waals surface area contributed by atoms with E-state index in [1.165, 1.54) is 18.3 Å². The molecule has 1 atom stereocenters. The third-order valence-electron chi connectivity index (χ3n) is 2.44. The molecule has 0 aliphatic carbocycles. The quantitative estimate of drug-likeness (QED) is 0.925. The van der Waals surface area contributed by atoms with Crippen molar-refractivity contribution >= 4 is 15.9 Å². The summed E-state index contributed by atoms with van der Waals surface area (Å²) in [6.07, 6.45) is 2.54. The van der Waals surface area contributed by atoms with E-state index < -0.39 is 17.7 Å². The zero-order chi connectivity index (χ0) is 12.4. The maximum absolute atomic E-state index is 13.5. The molecule has 2 N–H and O–H groups in total. The highest BCUT2D eigenvalue weighted by Gasteiger charge is 2.14. The third kappa shape index (κ3) is 2.50. The number of rotatable bonds is 2. The first kappa shape index (κ1) is 12.1. The molecule has 0 aliphatic rings. The fraction of sp³-hybridized carbons (Fsp3) is 0.0833. The van der Waals surface area contributed by atoms with E-state index in [0.29, 0.717) is 15.6 Å². The van der Waals surface area contributed by atoms with E-state index in [9.17, 15) is 8.78 Å². The second-order valence-electron chi connectivity index (χ2n) is 3.55. The molecule has 0 fully saturated rings. The average Bonchev–Trinajstić information content (AvgIpc) is 2.32. The van der Waals surface area contributed by atoms with Gasteiger partial charge in [-0.25, -0.2) is 8.78 Å². The lowest BCUT2D eigenvalue weighted by Crippen LogP contribution is -2.14. The predicted molar refractivity (Wildman–Crippen MR) is 64.3 cm³/mol. The summed E-state index contributed by atoms with van der Waals surface area (Å²) in [5.41, 5.74) is 6.69. The molecule has 1 unspecified atom stereocenters. The van der Waals surface area contributed by atoms with Crippen molar-refractivity contribution in [1.82, 2.24) is 4.98 Å². The Labute approximate surface area is 106 Å². The summed E-state index contributed by atoms with van der Waals surface area (Å²) < 4.78 is 27.2. The van der Waals surface area contributed by atoms with Gasteiger partial charge in [0.2, 0.25) is 0 Å². The average molecular weight is 299 g/mol. The number of nitrogens with two attached hydrogens (primary N) is 1. The minimum atomic E-state index is -0.708. The highest BCUT2D eigenvalue weighted by atomic mass is 79.9. The molecule has 17 heavy (non-hydrogen) atoms. The van der Waals surface area contributed by atoms with E-state index in [1.54, 1.807) is 12.1 Å². The number of nitrogens with zero attached hydrogens (tertiary/aromatic N) is 1. The zero-order valence-corrected chi connectivity index (χ0v) is 10.3. The minimum absolute atomic E-state index is 0.293. The second-order valence-corrected chi connectivity index (χ2v) is 4.40. The van der Waals surface area contributed by atoms with Crippen molar-refractivity contribution in [3.05, 3.63) is 63.9 Å². The van der Waals surface area contributed by atoms with Crippen LogP contribution in [0.1, 0.15) is 17.2 Å². The predicted octanol–water partition coefficient (Wildman–Crippen LogP) is 3.17. The fourth-order valence-electron chi connectivity index (χ4n) is 1.52. The number of hydrogen-bond acceptors (Lipinski definition) is 2. The number of halogens is 3. The van der Waals surface area contributed by atoms with Crippen molar-refractivity contribution in [1.29, 1.82) is 0 Å². The highest BCUT2D eigenvalue weighted by Crippen LogP contribution is 2.24. The van der Waals surface area contributed by atoms with Crippen molar-refractivity contribution in [3.8, 4) is 0 Å². The Kier molecular flexibility index (Phi) is 3.49. The normalized spacial score (nSPS) is 12.5. The van der Waals surface area contributed by atoms with Crippen LogP contribution in [0.25, 0.3) is 0 Å². The molecule has 2 rings (SSSR count). The van der Waals surface area contributed by atoms with Crippen LogP contribution in [0.5, 0.6) is 0 Å². The first-order chi connectivity index (χ1) is 8.09. The lowest BCUT2D eigenvalue weighted by atomic mass is 10.0. The molecule has 0 saturated heterocycles. The van der Waals surface area contributed by atoms with Crippen LogP contribution in [0.4, 0.5) is 8.78 Å². The fourth-order valence-corrected chi connectivity index (χ4v) is 1.77. The molecule has 1 aromatic carbocycles. The molecule has 1 heterocycles. The van der Waals surface area contributed by atoms with Gasteiger partial charge in [0, 0.05) is 11.8 Å². The number of benzene rings is 1. The third-order valence-corrected chi connectivity index (χ3v) is 3.08. The van der Waals surface area contributed by atoms with Gasteiger partial charge in [0.05, 0.1) is 16.7 Å². The maximum Gasteiger partial charge on any atom is 0.146 e. The second kappa shape index (κ2) is 4.89. The van der Waals surface area contributed by atoms with E-state index in [4.69, 9.17) is 5.73 Å².